The van der Waals surface area contributed by atoms with Crippen molar-refractivity contribution in [2.75, 3.05) is 12.8 Å². The first kappa shape index (κ1) is 15.2. The fourth-order valence-electron chi connectivity index (χ4n) is 3.04. The highest BCUT2D eigenvalue weighted by Crippen LogP contribution is 2.32. The van der Waals surface area contributed by atoms with E-state index in [2.05, 4.69) is 5.32 Å². The summed E-state index contributed by atoms with van der Waals surface area (Å²) >= 11 is 0. The van der Waals surface area contributed by atoms with Crippen molar-refractivity contribution in [2.45, 2.75) is 25.3 Å². The van der Waals surface area contributed by atoms with Crippen LogP contribution < -0.4 is 15.8 Å². The Balaban J connectivity index is 1.85. The van der Waals surface area contributed by atoms with Crippen LogP contribution >= 0.6 is 0 Å². The molecular formula is C18H20N2O3. The molecule has 5 heteroatoms. The van der Waals surface area contributed by atoms with E-state index in [9.17, 15) is 9.90 Å². The average Bonchev–Trinajstić information content (AvgIpc) is 2.55. The van der Waals surface area contributed by atoms with Crippen LogP contribution in [0.4, 0.5) is 5.69 Å². The van der Waals surface area contributed by atoms with E-state index in [0.717, 1.165) is 30.5 Å². The van der Waals surface area contributed by atoms with Crippen LogP contribution in [0.2, 0.25) is 0 Å². The Labute approximate surface area is 135 Å². The zero-order valence-corrected chi connectivity index (χ0v) is 13.0. The van der Waals surface area contributed by atoms with Gasteiger partial charge in [0.1, 0.15) is 11.5 Å². The van der Waals surface area contributed by atoms with Crippen molar-refractivity contribution in [3.8, 4) is 11.5 Å². The topological polar surface area (TPSA) is 84.6 Å². The highest BCUT2D eigenvalue weighted by Gasteiger charge is 2.23. The Bertz CT molecular complexity index is 743. The number of amides is 1. The van der Waals surface area contributed by atoms with Gasteiger partial charge in [-0.2, -0.15) is 0 Å². The molecule has 0 aromatic heterocycles. The highest BCUT2D eigenvalue weighted by atomic mass is 16.5. The van der Waals surface area contributed by atoms with Crippen molar-refractivity contribution in [1.29, 1.82) is 0 Å². The number of methoxy groups -OCH3 is 1. The van der Waals surface area contributed by atoms with Gasteiger partial charge in [0.05, 0.1) is 18.7 Å². The van der Waals surface area contributed by atoms with E-state index >= 15 is 0 Å². The van der Waals surface area contributed by atoms with Crippen molar-refractivity contribution in [3.05, 3.63) is 53.1 Å². The Morgan fingerprint density at radius 3 is 2.91 bits per heavy atom. The standard InChI is InChI=1S/C18H20N2O3/c1-23-13-6-8-17(21)15(10-13)18(22)20-16-4-2-3-11-9-12(19)5-7-14(11)16/h5-10,16,21H,2-4,19H2,1H3,(H,20,22). The van der Waals surface area contributed by atoms with Gasteiger partial charge in [-0.15, -0.1) is 0 Å². The Morgan fingerprint density at radius 1 is 1.30 bits per heavy atom. The normalized spacial score (nSPS) is 16.5. The molecule has 5 nitrogen and oxygen atoms in total. The number of aromatic hydroxyl groups is 1. The monoisotopic (exact) mass is 312 g/mol. The van der Waals surface area contributed by atoms with Gasteiger partial charge in [-0.25, -0.2) is 0 Å². The van der Waals surface area contributed by atoms with Gasteiger partial charge in [0, 0.05) is 5.69 Å². The van der Waals surface area contributed by atoms with Crippen LogP contribution in [0.3, 0.4) is 0 Å². The number of phenols is 1. The van der Waals surface area contributed by atoms with E-state index < -0.39 is 0 Å². The molecule has 0 spiro atoms. The number of anilines is 1. The number of benzene rings is 2. The molecule has 0 bridgehead atoms. The summed E-state index contributed by atoms with van der Waals surface area (Å²) in [4.78, 5) is 12.5. The third-order valence-corrected chi connectivity index (χ3v) is 4.24. The fraction of sp³-hybridized carbons (Fsp3) is 0.278. The van der Waals surface area contributed by atoms with E-state index in [0.29, 0.717) is 5.75 Å². The molecule has 4 N–H and O–H groups in total. The van der Waals surface area contributed by atoms with Crippen molar-refractivity contribution in [3.63, 3.8) is 0 Å². The first-order valence-corrected chi connectivity index (χ1v) is 7.64. The van der Waals surface area contributed by atoms with Gasteiger partial charge >= 0.3 is 0 Å². The van der Waals surface area contributed by atoms with Crippen LogP contribution in [0.1, 0.15) is 40.4 Å². The van der Waals surface area contributed by atoms with Crippen molar-refractivity contribution in [2.24, 2.45) is 0 Å². The molecule has 1 aliphatic rings. The Morgan fingerprint density at radius 2 is 2.13 bits per heavy atom. The molecular weight excluding hydrogens is 292 g/mol. The predicted molar refractivity (Wildman–Crippen MR) is 88.7 cm³/mol. The molecule has 0 fully saturated rings. The number of hydrogen-bond donors (Lipinski definition) is 3. The summed E-state index contributed by atoms with van der Waals surface area (Å²) in [6.45, 7) is 0. The van der Waals surface area contributed by atoms with Gasteiger partial charge in [-0.1, -0.05) is 6.07 Å². The Kier molecular flexibility index (Phi) is 4.10. The minimum Gasteiger partial charge on any atom is -0.507 e. The van der Waals surface area contributed by atoms with Gasteiger partial charge in [-0.05, 0) is 60.7 Å². The summed E-state index contributed by atoms with van der Waals surface area (Å²) < 4.78 is 5.11. The van der Waals surface area contributed by atoms with Gasteiger partial charge in [0.2, 0.25) is 0 Å². The minimum atomic E-state index is -0.309. The van der Waals surface area contributed by atoms with E-state index in [1.54, 1.807) is 6.07 Å². The summed E-state index contributed by atoms with van der Waals surface area (Å²) in [6, 6.07) is 10.3. The molecule has 0 radical (unpaired) electrons. The second-order valence-electron chi connectivity index (χ2n) is 5.76. The van der Waals surface area contributed by atoms with E-state index in [1.807, 2.05) is 18.2 Å². The third kappa shape index (κ3) is 3.08. The molecule has 1 aliphatic carbocycles. The largest absolute Gasteiger partial charge is 0.507 e. The van der Waals surface area contributed by atoms with Gasteiger partial charge in [-0.3, -0.25) is 4.79 Å². The molecule has 1 unspecified atom stereocenters. The molecule has 0 heterocycles. The van der Waals surface area contributed by atoms with Crippen LogP contribution in [0.15, 0.2) is 36.4 Å². The SMILES string of the molecule is COc1ccc(O)c(C(=O)NC2CCCc3cc(N)ccc32)c1. The zero-order valence-electron chi connectivity index (χ0n) is 13.0. The number of aryl methyl sites for hydroxylation is 1. The number of carbonyl (C=O) groups is 1. The van der Waals surface area contributed by atoms with Gasteiger partial charge in [0.15, 0.2) is 0 Å². The number of hydrogen-bond acceptors (Lipinski definition) is 4. The second-order valence-corrected chi connectivity index (χ2v) is 5.76. The second kappa shape index (κ2) is 6.20. The number of fused-ring (bicyclic) bond motifs is 1. The van der Waals surface area contributed by atoms with Crippen LogP contribution in [0.25, 0.3) is 0 Å². The van der Waals surface area contributed by atoms with E-state index in [1.165, 1.54) is 24.8 Å². The van der Waals surface area contributed by atoms with Crippen molar-refractivity contribution >= 4 is 11.6 Å². The molecule has 0 aliphatic heterocycles. The van der Waals surface area contributed by atoms with Gasteiger partial charge in [0.25, 0.3) is 5.91 Å². The Hall–Kier alpha value is -2.69. The van der Waals surface area contributed by atoms with Gasteiger partial charge < -0.3 is 20.9 Å². The molecule has 23 heavy (non-hydrogen) atoms. The maximum atomic E-state index is 12.5. The molecule has 0 saturated heterocycles. The summed E-state index contributed by atoms with van der Waals surface area (Å²) in [6.07, 6.45) is 2.83. The summed E-state index contributed by atoms with van der Waals surface area (Å²) in [5.41, 5.74) is 9.06. The number of ether oxygens (including phenoxy) is 1. The molecule has 1 atom stereocenters. The summed E-state index contributed by atoms with van der Waals surface area (Å²) in [5, 5.41) is 12.9. The lowest BCUT2D eigenvalue weighted by Gasteiger charge is -2.27. The molecule has 2 aromatic carbocycles. The van der Waals surface area contributed by atoms with Crippen LogP contribution in [0, 0.1) is 0 Å². The molecule has 3 rings (SSSR count). The van der Waals surface area contributed by atoms with Crippen LogP contribution in [-0.2, 0) is 6.42 Å². The van der Waals surface area contributed by atoms with Crippen molar-refractivity contribution < 1.29 is 14.6 Å². The number of rotatable bonds is 3. The smallest absolute Gasteiger partial charge is 0.255 e. The van der Waals surface area contributed by atoms with Crippen molar-refractivity contribution in [1.82, 2.24) is 5.32 Å². The summed E-state index contributed by atoms with van der Waals surface area (Å²) in [7, 11) is 1.52. The lowest BCUT2D eigenvalue weighted by atomic mass is 9.87. The first-order chi connectivity index (χ1) is 11.1. The van der Waals surface area contributed by atoms with Crippen LogP contribution in [-0.4, -0.2) is 18.1 Å². The highest BCUT2D eigenvalue weighted by molar-refractivity contribution is 5.97. The lowest BCUT2D eigenvalue weighted by molar-refractivity contribution is 0.0929. The lowest BCUT2D eigenvalue weighted by Crippen LogP contribution is -2.31. The van der Waals surface area contributed by atoms with E-state index in [-0.39, 0.29) is 23.3 Å². The molecule has 1 amide bonds. The molecule has 120 valence electrons. The van der Waals surface area contributed by atoms with Crippen LogP contribution in [0.5, 0.6) is 11.5 Å². The maximum Gasteiger partial charge on any atom is 0.255 e. The number of nitrogens with two attached hydrogens (primary N) is 1. The minimum absolute atomic E-state index is 0.0587. The number of phenolic OH excluding ortho intramolecular Hbond substituents is 1. The third-order valence-electron chi connectivity index (χ3n) is 4.24. The number of carbonyl (C=O) groups excluding carboxylic acids is 1. The first-order valence-electron chi connectivity index (χ1n) is 7.64. The fourth-order valence-corrected chi connectivity index (χ4v) is 3.04. The average molecular weight is 312 g/mol. The van der Waals surface area contributed by atoms with E-state index in [4.69, 9.17) is 10.5 Å². The summed E-state index contributed by atoms with van der Waals surface area (Å²) in [5.74, 6) is 0.164. The zero-order chi connectivity index (χ0) is 16.4. The molecule has 2 aromatic rings. The number of nitrogens with one attached hydrogen (secondary N) is 1. The molecule has 0 saturated carbocycles. The maximum absolute atomic E-state index is 12.5. The predicted octanol–water partition coefficient (Wildman–Crippen LogP) is 2.79. The number of nitrogen functional groups attached to an aromatic ring is 1. The quantitative estimate of drug-likeness (QED) is 0.761.